The summed E-state index contributed by atoms with van der Waals surface area (Å²) in [5, 5.41) is 5.07. The van der Waals surface area contributed by atoms with Crippen molar-refractivity contribution in [3.8, 4) is 11.3 Å². The van der Waals surface area contributed by atoms with Crippen molar-refractivity contribution >= 4 is 17.2 Å². The van der Waals surface area contributed by atoms with Crippen LogP contribution in [0.25, 0.3) is 11.3 Å². The number of hydrogen-bond acceptors (Lipinski definition) is 4. The topological polar surface area (TPSA) is 54.9 Å². The van der Waals surface area contributed by atoms with E-state index in [1.165, 1.54) is 11.3 Å². The molecule has 0 fully saturated rings. The van der Waals surface area contributed by atoms with Crippen molar-refractivity contribution in [2.75, 3.05) is 0 Å². The molecule has 7 heteroatoms. The normalized spacial score (nSPS) is 10.5. The fourth-order valence-electron chi connectivity index (χ4n) is 1.97. The molecule has 0 atom stereocenters. The van der Waals surface area contributed by atoms with Gasteiger partial charge in [0.25, 0.3) is 5.91 Å². The van der Waals surface area contributed by atoms with Crippen LogP contribution in [0.2, 0.25) is 0 Å². The van der Waals surface area contributed by atoms with E-state index in [0.717, 1.165) is 29.5 Å². The summed E-state index contributed by atoms with van der Waals surface area (Å²) in [6, 6.07) is 6.43. The van der Waals surface area contributed by atoms with Crippen LogP contribution in [0.5, 0.6) is 0 Å². The SMILES string of the molecule is O=C(NCc1nc(-c2ccncc2)cs1)c1cc(F)ccc1F. The first-order valence-corrected chi connectivity index (χ1v) is 7.59. The van der Waals surface area contributed by atoms with Crippen molar-refractivity contribution in [3.63, 3.8) is 0 Å². The van der Waals surface area contributed by atoms with Gasteiger partial charge in [0.15, 0.2) is 0 Å². The van der Waals surface area contributed by atoms with Crippen molar-refractivity contribution < 1.29 is 13.6 Å². The van der Waals surface area contributed by atoms with E-state index in [9.17, 15) is 13.6 Å². The minimum atomic E-state index is -0.763. The predicted molar refractivity (Wildman–Crippen MR) is 82.9 cm³/mol. The third-order valence-electron chi connectivity index (χ3n) is 3.10. The minimum Gasteiger partial charge on any atom is -0.345 e. The Morgan fingerprint density at radius 3 is 2.74 bits per heavy atom. The van der Waals surface area contributed by atoms with Crippen LogP contribution in [0.4, 0.5) is 8.78 Å². The van der Waals surface area contributed by atoms with E-state index < -0.39 is 17.5 Å². The van der Waals surface area contributed by atoms with Gasteiger partial charge in [-0.1, -0.05) is 0 Å². The molecule has 0 unspecified atom stereocenters. The Bertz CT molecular complexity index is 836. The Balaban J connectivity index is 1.68. The molecular formula is C16H11F2N3OS. The molecule has 2 heterocycles. The molecular weight excluding hydrogens is 320 g/mol. The Hall–Kier alpha value is -2.67. The van der Waals surface area contributed by atoms with E-state index in [4.69, 9.17) is 0 Å². The molecule has 0 aliphatic rings. The number of rotatable bonds is 4. The van der Waals surface area contributed by atoms with Crippen molar-refractivity contribution in [2.45, 2.75) is 6.54 Å². The Labute approximate surface area is 134 Å². The van der Waals surface area contributed by atoms with Gasteiger partial charge in [-0.25, -0.2) is 13.8 Å². The molecule has 0 radical (unpaired) electrons. The number of aromatic nitrogens is 2. The first-order chi connectivity index (χ1) is 11.1. The van der Waals surface area contributed by atoms with Crippen LogP contribution >= 0.6 is 11.3 Å². The molecule has 4 nitrogen and oxygen atoms in total. The molecule has 0 aliphatic heterocycles. The molecule has 1 N–H and O–H groups in total. The predicted octanol–water partition coefficient (Wildman–Crippen LogP) is 3.41. The van der Waals surface area contributed by atoms with Crippen LogP contribution in [0.1, 0.15) is 15.4 Å². The van der Waals surface area contributed by atoms with Crippen LogP contribution in [0.15, 0.2) is 48.1 Å². The van der Waals surface area contributed by atoms with E-state index in [1.54, 1.807) is 12.4 Å². The molecule has 116 valence electrons. The van der Waals surface area contributed by atoms with E-state index in [2.05, 4.69) is 15.3 Å². The lowest BCUT2D eigenvalue weighted by atomic mass is 10.2. The third kappa shape index (κ3) is 3.57. The largest absolute Gasteiger partial charge is 0.345 e. The number of carbonyl (C=O) groups excluding carboxylic acids is 1. The van der Waals surface area contributed by atoms with Gasteiger partial charge in [0, 0.05) is 23.3 Å². The molecule has 1 amide bonds. The summed E-state index contributed by atoms with van der Waals surface area (Å²) in [7, 11) is 0. The molecule has 0 saturated carbocycles. The molecule has 0 spiro atoms. The maximum Gasteiger partial charge on any atom is 0.254 e. The summed E-state index contributed by atoms with van der Waals surface area (Å²) >= 11 is 1.37. The Morgan fingerprint density at radius 1 is 1.17 bits per heavy atom. The molecule has 2 aromatic heterocycles. The van der Waals surface area contributed by atoms with E-state index in [-0.39, 0.29) is 12.1 Å². The van der Waals surface area contributed by atoms with Gasteiger partial charge in [-0.3, -0.25) is 9.78 Å². The van der Waals surface area contributed by atoms with Crippen molar-refractivity contribution in [1.29, 1.82) is 0 Å². The lowest BCUT2D eigenvalue weighted by Gasteiger charge is -2.04. The van der Waals surface area contributed by atoms with Crippen molar-refractivity contribution in [2.24, 2.45) is 0 Å². The number of thiazole rings is 1. The summed E-state index contributed by atoms with van der Waals surface area (Å²) in [5.41, 5.74) is 1.37. The van der Waals surface area contributed by atoms with Crippen molar-refractivity contribution in [1.82, 2.24) is 15.3 Å². The van der Waals surface area contributed by atoms with E-state index >= 15 is 0 Å². The second-order valence-electron chi connectivity index (χ2n) is 4.67. The average molecular weight is 331 g/mol. The number of benzene rings is 1. The van der Waals surface area contributed by atoms with Crippen LogP contribution < -0.4 is 5.32 Å². The second kappa shape index (κ2) is 6.62. The smallest absolute Gasteiger partial charge is 0.254 e. The molecule has 0 bridgehead atoms. The van der Waals surface area contributed by atoms with Gasteiger partial charge in [0.1, 0.15) is 16.6 Å². The number of carbonyl (C=O) groups is 1. The molecule has 1 aromatic carbocycles. The van der Waals surface area contributed by atoms with Crippen molar-refractivity contribution in [3.05, 3.63) is 70.3 Å². The van der Waals surface area contributed by atoms with Crippen LogP contribution in [0.3, 0.4) is 0 Å². The Morgan fingerprint density at radius 2 is 1.96 bits per heavy atom. The summed E-state index contributed by atoms with van der Waals surface area (Å²) in [5.74, 6) is -2.10. The number of nitrogens with one attached hydrogen (secondary N) is 1. The second-order valence-corrected chi connectivity index (χ2v) is 5.61. The highest BCUT2D eigenvalue weighted by Gasteiger charge is 2.13. The van der Waals surface area contributed by atoms with Crippen LogP contribution in [0, 0.1) is 11.6 Å². The molecule has 0 aliphatic carbocycles. The summed E-state index contributed by atoms with van der Waals surface area (Å²) < 4.78 is 26.6. The summed E-state index contributed by atoms with van der Waals surface area (Å²) in [6.45, 7) is 0.143. The van der Waals surface area contributed by atoms with Gasteiger partial charge in [0.05, 0.1) is 17.8 Å². The number of amides is 1. The lowest BCUT2D eigenvalue weighted by Crippen LogP contribution is -2.23. The number of halogens is 2. The zero-order valence-electron chi connectivity index (χ0n) is 11.8. The highest BCUT2D eigenvalue weighted by Crippen LogP contribution is 2.21. The standard InChI is InChI=1S/C16H11F2N3OS/c17-11-1-2-13(18)12(7-11)16(22)20-8-15-21-14(9-23-15)10-3-5-19-6-4-10/h1-7,9H,8H2,(H,20,22). The quantitative estimate of drug-likeness (QED) is 0.797. The zero-order valence-corrected chi connectivity index (χ0v) is 12.6. The van der Waals surface area contributed by atoms with Gasteiger partial charge >= 0.3 is 0 Å². The van der Waals surface area contributed by atoms with E-state index in [0.29, 0.717) is 5.01 Å². The van der Waals surface area contributed by atoms with Gasteiger partial charge in [-0.15, -0.1) is 11.3 Å². The summed E-state index contributed by atoms with van der Waals surface area (Å²) in [6.07, 6.45) is 3.34. The lowest BCUT2D eigenvalue weighted by molar-refractivity contribution is 0.0946. The van der Waals surface area contributed by atoms with Crippen LogP contribution in [-0.2, 0) is 6.54 Å². The molecule has 23 heavy (non-hydrogen) atoms. The highest BCUT2D eigenvalue weighted by atomic mass is 32.1. The van der Waals surface area contributed by atoms with Gasteiger partial charge in [-0.05, 0) is 30.3 Å². The maximum absolute atomic E-state index is 13.5. The fraction of sp³-hybridized carbons (Fsp3) is 0.0625. The monoisotopic (exact) mass is 331 g/mol. The average Bonchev–Trinajstić information content (AvgIpc) is 3.05. The zero-order chi connectivity index (χ0) is 16.2. The fourth-order valence-corrected chi connectivity index (χ4v) is 2.71. The van der Waals surface area contributed by atoms with Gasteiger partial charge in [0.2, 0.25) is 0 Å². The Kier molecular flexibility index (Phi) is 4.38. The molecule has 0 saturated heterocycles. The number of nitrogens with zero attached hydrogens (tertiary/aromatic N) is 2. The first-order valence-electron chi connectivity index (χ1n) is 6.71. The van der Waals surface area contributed by atoms with E-state index in [1.807, 2.05) is 17.5 Å². The molecule has 3 rings (SSSR count). The third-order valence-corrected chi connectivity index (χ3v) is 3.95. The number of hydrogen-bond donors (Lipinski definition) is 1. The summed E-state index contributed by atoms with van der Waals surface area (Å²) in [4.78, 5) is 20.3. The van der Waals surface area contributed by atoms with Gasteiger partial charge in [-0.2, -0.15) is 0 Å². The first kappa shape index (κ1) is 15.2. The van der Waals surface area contributed by atoms with Crippen LogP contribution in [-0.4, -0.2) is 15.9 Å². The number of pyridine rings is 1. The molecule has 3 aromatic rings. The maximum atomic E-state index is 13.5. The minimum absolute atomic E-state index is 0.143. The van der Waals surface area contributed by atoms with Gasteiger partial charge < -0.3 is 5.32 Å². The highest BCUT2D eigenvalue weighted by molar-refractivity contribution is 7.09.